The molecule has 0 aromatic carbocycles. The summed E-state index contributed by atoms with van der Waals surface area (Å²) < 4.78 is 5.42. The molecule has 102 valence electrons. The van der Waals surface area contributed by atoms with Crippen LogP contribution in [0.25, 0.3) is 0 Å². The van der Waals surface area contributed by atoms with Crippen molar-refractivity contribution in [1.82, 2.24) is 5.43 Å². The molecule has 1 unspecified atom stereocenters. The molecule has 1 aliphatic rings. The second-order valence-electron chi connectivity index (χ2n) is 5.63. The molecule has 2 rings (SSSR count). The summed E-state index contributed by atoms with van der Waals surface area (Å²) in [5.74, 6) is 8.41. The van der Waals surface area contributed by atoms with Gasteiger partial charge < -0.3 is 4.42 Å². The fourth-order valence-electron chi connectivity index (χ4n) is 3.29. The number of nitrogens with one attached hydrogen (secondary N) is 1. The summed E-state index contributed by atoms with van der Waals surface area (Å²) in [6.45, 7) is 2.28. The molecule has 0 bridgehead atoms. The van der Waals surface area contributed by atoms with Gasteiger partial charge >= 0.3 is 0 Å². The van der Waals surface area contributed by atoms with Crippen molar-refractivity contribution in [2.75, 3.05) is 0 Å². The normalized spacial score (nSPS) is 26.1. The van der Waals surface area contributed by atoms with Gasteiger partial charge in [-0.15, -0.1) is 0 Å². The van der Waals surface area contributed by atoms with E-state index in [2.05, 4.69) is 12.3 Å². The molecule has 1 heterocycles. The smallest absolute Gasteiger partial charge is 0.105 e. The van der Waals surface area contributed by atoms with E-state index in [0.717, 1.165) is 18.1 Å². The molecule has 1 aliphatic carbocycles. The van der Waals surface area contributed by atoms with Crippen LogP contribution in [0, 0.1) is 11.8 Å². The van der Waals surface area contributed by atoms with Crippen LogP contribution in [0.1, 0.15) is 51.2 Å². The molecule has 1 saturated carbocycles. The summed E-state index contributed by atoms with van der Waals surface area (Å²) in [5, 5.41) is 0. The number of hydrazine groups is 1. The van der Waals surface area contributed by atoms with Gasteiger partial charge in [-0.25, -0.2) is 0 Å². The molecule has 3 heteroatoms. The first kappa shape index (κ1) is 13.6. The molecule has 0 aliphatic heterocycles. The molecule has 1 aromatic rings. The molecule has 0 radical (unpaired) electrons. The summed E-state index contributed by atoms with van der Waals surface area (Å²) >= 11 is 0. The second-order valence-corrected chi connectivity index (χ2v) is 5.63. The summed E-state index contributed by atoms with van der Waals surface area (Å²) in [5.41, 5.74) is 3.00. The van der Waals surface area contributed by atoms with E-state index in [-0.39, 0.29) is 0 Å². The topological polar surface area (TPSA) is 51.2 Å². The minimum absolute atomic E-state index is 0.360. The van der Waals surface area contributed by atoms with Crippen LogP contribution in [0.3, 0.4) is 0 Å². The molecule has 0 amide bonds. The molecule has 0 spiro atoms. The third kappa shape index (κ3) is 3.59. The summed E-state index contributed by atoms with van der Waals surface area (Å²) in [6, 6.07) is 4.34. The number of nitrogens with two attached hydrogens (primary N) is 1. The lowest BCUT2D eigenvalue weighted by molar-refractivity contribution is 0.208. The van der Waals surface area contributed by atoms with Crippen molar-refractivity contribution in [2.24, 2.45) is 17.7 Å². The minimum Gasteiger partial charge on any atom is -0.469 e. The standard InChI is InChI=1S/C15H26N2O/c1-2-4-12-6-8-13(9-7-12)15(17-16)11-14-5-3-10-18-14/h3,5,10,12-13,15,17H,2,4,6-9,11,16H2,1H3. The Kier molecular flexibility index (Phi) is 5.26. The van der Waals surface area contributed by atoms with Gasteiger partial charge in [-0.2, -0.15) is 0 Å². The van der Waals surface area contributed by atoms with E-state index in [0.29, 0.717) is 12.0 Å². The van der Waals surface area contributed by atoms with Gasteiger partial charge in [0.05, 0.1) is 6.26 Å². The fourth-order valence-corrected chi connectivity index (χ4v) is 3.29. The lowest BCUT2D eigenvalue weighted by Crippen LogP contribution is -2.43. The van der Waals surface area contributed by atoms with Gasteiger partial charge in [0.25, 0.3) is 0 Å². The van der Waals surface area contributed by atoms with Crippen molar-refractivity contribution in [3.63, 3.8) is 0 Å². The third-order valence-electron chi connectivity index (χ3n) is 4.37. The Balaban J connectivity index is 1.82. The molecular formula is C15H26N2O. The van der Waals surface area contributed by atoms with Crippen molar-refractivity contribution in [1.29, 1.82) is 0 Å². The van der Waals surface area contributed by atoms with Gasteiger partial charge in [-0.1, -0.05) is 32.6 Å². The number of furan rings is 1. The summed E-state index contributed by atoms with van der Waals surface area (Å²) in [4.78, 5) is 0. The Hall–Kier alpha value is -0.800. The Morgan fingerprint density at radius 2 is 2.17 bits per heavy atom. The van der Waals surface area contributed by atoms with E-state index in [1.165, 1.54) is 38.5 Å². The van der Waals surface area contributed by atoms with Gasteiger partial charge in [0.1, 0.15) is 5.76 Å². The zero-order chi connectivity index (χ0) is 12.8. The predicted octanol–water partition coefficient (Wildman–Crippen LogP) is 3.26. The molecular weight excluding hydrogens is 224 g/mol. The summed E-state index contributed by atoms with van der Waals surface area (Å²) in [6.07, 6.45) is 10.7. The molecule has 1 aromatic heterocycles. The molecule has 0 saturated heterocycles. The van der Waals surface area contributed by atoms with E-state index < -0.39 is 0 Å². The Bertz CT molecular complexity index is 315. The van der Waals surface area contributed by atoms with Crippen LogP contribution in [0.2, 0.25) is 0 Å². The van der Waals surface area contributed by atoms with Gasteiger partial charge in [-0.3, -0.25) is 11.3 Å². The van der Waals surface area contributed by atoms with Gasteiger partial charge in [-0.05, 0) is 36.8 Å². The highest BCUT2D eigenvalue weighted by Crippen LogP contribution is 2.33. The van der Waals surface area contributed by atoms with Crippen LogP contribution >= 0.6 is 0 Å². The maximum absolute atomic E-state index is 5.72. The summed E-state index contributed by atoms with van der Waals surface area (Å²) in [7, 11) is 0. The van der Waals surface area contributed by atoms with Crippen LogP contribution in [0.15, 0.2) is 22.8 Å². The molecule has 18 heavy (non-hydrogen) atoms. The van der Waals surface area contributed by atoms with Crippen LogP contribution in [-0.4, -0.2) is 6.04 Å². The highest BCUT2D eigenvalue weighted by molar-refractivity contribution is 5.01. The van der Waals surface area contributed by atoms with Crippen molar-refractivity contribution in [3.05, 3.63) is 24.2 Å². The van der Waals surface area contributed by atoms with E-state index in [9.17, 15) is 0 Å². The quantitative estimate of drug-likeness (QED) is 0.602. The maximum atomic E-state index is 5.72. The van der Waals surface area contributed by atoms with E-state index in [4.69, 9.17) is 10.3 Å². The largest absolute Gasteiger partial charge is 0.469 e. The van der Waals surface area contributed by atoms with Crippen LogP contribution in [0.4, 0.5) is 0 Å². The van der Waals surface area contributed by atoms with Crippen molar-refractivity contribution in [3.8, 4) is 0 Å². The first-order valence-corrected chi connectivity index (χ1v) is 7.32. The highest BCUT2D eigenvalue weighted by atomic mass is 16.3. The zero-order valence-corrected chi connectivity index (χ0v) is 11.4. The average Bonchev–Trinajstić information content (AvgIpc) is 2.90. The first-order chi connectivity index (χ1) is 8.83. The van der Waals surface area contributed by atoms with Crippen LogP contribution in [-0.2, 0) is 6.42 Å². The van der Waals surface area contributed by atoms with E-state index in [1.807, 2.05) is 12.1 Å². The molecule has 1 fully saturated rings. The predicted molar refractivity (Wildman–Crippen MR) is 73.9 cm³/mol. The zero-order valence-electron chi connectivity index (χ0n) is 11.4. The Morgan fingerprint density at radius 3 is 2.72 bits per heavy atom. The monoisotopic (exact) mass is 250 g/mol. The fraction of sp³-hybridized carbons (Fsp3) is 0.733. The van der Waals surface area contributed by atoms with Gasteiger partial charge in [0.15, 0.2) is 0 Å². The number of hydrogen-bond acceptors (Lipinski definition) is 3. The molecule has 3 nitrogen and oxygen atoms in total. The van der Waals surface area contributed by atoms with Gasteiger partial charge in [0, 0.05) is 12.5 Å². The SMILES string of the molecule is CCCC1CCC(C(Cc2ccco2)NN)CC1. The Labute approximate surface area is 110 Å². The lowest BCUT2D eigenvalue weighted by atomic mass is 9.76. The highest BCUT2D eigenvalue weighted by Gasteiger charge is 2.27. The van der Waals surface area contributed by atoms with Crippen molar-refractivity contribution >= 4 is 0 Å². The minimum atomic E-state index is 0.360. The van der Waals surface area contributed by atoms with Crippen molar-refractivity contribution < 1.29 is 4.42 Å². The first-order valence-electron chi connectivity index (χ1n) is 7.32. The number of hydrogen-bond donors (Lipinski definition) is 2. The third-order valence-corrected chi connectivity index (χ3v) is 4.37. The maximum Gasteiger partial charge on any atom is 0.105 e. The van der Waals surface area contributed by atoms with Gasteiger partial charge in [0.2, 0.25) is 0 Å². The molecule has 3 N–H and O–H groups in total. The van der Waals surface area contributed by atoms with Crippen molar-refractivity contribution in [2.45, 2.75) is 57.9 Å². The Morgan fingerprint density at radius 1 is 1.39 bits per heavy atom. The van der Waals surface area contributed by atoms with Crippen LogP contribution in [0.5, 0.6) is 0 Å². The second kappa shape index (κ2) is 6.95. The van der Waals surface area contributed by atoms with Crippen LogP contribution < -0.4 is 11.3 Å². The van der Waals surface area contributed by atoms with E-state index >= 15 is 0 Å². The van der Waals surface area contributed by atoms with E-state index in [1.54, 1.807) is 6.26 Å². The molecule has 1 atom stereocenters. The average molecular weight is 250 g/mol. The lowest BCUT2D eigenvalue weighted by Gasteiger charge is -2.33. The number of rotatable bonds is 6.